The van der Waals surface area contributed by atoms with Gasteiger partial charge in [0.1, 0.15) is 0 Å². The van der Waals surface area contributed by atoms with E-state index in [1.54, 1.807) is 6.08 Å². The van der Waals surface area contributed by atoms with Crippen LogP contribution in [0.2, 0.25) is 0 Å². The van der Waals surface area contributed by atoms with E-state index in [1.807, 2.05) is 17.0 Å². The molecule has 0 radical (unpaired) electrons. The lowest BCUT2D eigenvalue weighted by Gasteiger charge is -2.34. The number of aromatic nitrogens is 1. The third-order valence-corrected chi connectivity index (χ3v) is 7.50. The molecule has 0 aliphatic carbocycles. The van der Waals surface area contributed by atoms with Crippen LogP contribution < -0.4 is 9.47 Å². The van der Waals surface area contributed by atoms with Crippen molar-refractivity contribution >= 4 is 22.9 Å². The molecule has 0 N–H and O–H groups in total. The number of aryl methyl sites for hydroxylation is 1. The van der Waals surface area contributed by atoms with Crippen LogP contribution in [0, 0.1) is 6.92 Å². The fourth-order valence-corrected chi connectivity index (χ4v) is 5.34. The predicted octanol–water partition coefficient (Wildman–Crippen LogP) is 4.03. The molecule has 1 saturated heterocycles. The zero-order chi connectivity index (χ0) is 25.8. The molecule has 196 valence electrons. The summed E-state index contributed by atoms with van der Waals surface area (Å²) >= 11 is 0. The first-order valence-electron chi connectivity index (χ1n) is 13.3. The average molecular weight is 503 g/mol. The summed E-state index contributed by atoms with van der Waals surface area (Å²) in [5, 5.41) is 1.21. The van der Waals surface area contributed by atoms with E-state index in [2.05, 4.69) is 71.8 Å². The Hall–Kier alpha value is -3.29. The maximum absolute atomic E-state index is 13.0. The summed E-state index contributed by atoms with van der Waals surface area (Å²) in [5.74, 6) is 1.76. The SMILES string of the molecule is Cc1c(C=CC(=O)N2CCN(CCc3ccc4c(c3)OCO4)CC2)c2ccccc2n1CCCN(C)C. The summed E-state index contributed by atoms with van der Waals surface area (Å²) in [6.07, 6.45) is 5.84. The van der Waals surface area contributed by atoms with Crippen molar-refractivity contribution in [2.75, 3.05) is 60.2 Å². The molecule has 3 heterocycles. The van der Waals surface area contributed by atoms with Crippen molar-refractivity contribution in [1.82, 2.24) is 19.3 Å². The van der Waals surface area contributed by atoms with Crippen LogP contribution >= 0.6 is 0 Å². The Balaban J connectivity index is 1.16. The molecule has 0 saturated carbocycles. The molecule has 37 heavy (non-hydrogen) atoms. The second kappa shape index (κ2) is 11.4. The monoisotopic (exact) mass is 502 g/mol. The van der Waals surface area contributed by atoms with Crippen LogP contribution in [0.15, 0.2) is 48.5 Å². The fraction of sp³-hybridized carbons (Fsp3) is 0.433. The van der Waals surface area contributed by atoms with E-state index in [0.717, 1.165) is 75.7 Å². The second-order valence-corrected chi connectivity index (χ2v) is 10.3. The Morgan fingerprint density at radius 2 is 1.78 bits per heavy atom. The van der Waals surface area contributed by atoms with Gasteiger partial charge in [-0.1, -0.05) is 24.3 Å². The number of fused-ring (bicyclic) bond motifs is 2. The number of piperazine rings is 1. The molecular formula is C30H38N4O3. The molecule has 3 aromatic rings. The largest absolute Gasteiger partial charge is 0.454 e. The van der Waals surface area contributed by atoms with Crippen LogP contribution in [-0.2, 0) is 17.8 Å². The highest BCUT2D eigenvalue weighted by molar-refractivity contribution is 5.97. The highest BCUT2D eigenvalue weighted by Crippen LogP contribution is 2.32. The van der Waals surface area contributed by atoms with Gasteiger partial charge in [-0.25, -0.2) is 0 Å². The van der Waals surface area contributed by atoms with Crippen LogP contribution in [0.1, 0.15) is 23.2 Å². The van der Waals surface area contributed by atoms with Crippen molar-refractivity contribution in [2.24, 2.45) is 0 Å². The fourth-order valence-electron chi connectivity index (χ4n) is 5.34. The van der Waals surface area contributed by atoms with E-state index in [0.29, 0.717) is 6.79 Å². The summed E-state index contributed by atoms with van der Waals surface area (Å²) in [5.41, 5.74) is 4.86. The van der Waals surface area contributed by atoms with E-state index < -0.39 is 0 Å². The van der Waals surface area contributed by atoms with Gasteiger partial charge in [0.2, 0.25) is 12.7 Å². The van der Waals surface area contributed by atoms with Crippen molar-refractivity contribution < 1.29 is 14.3 Å². The third-order valence-electron chi connectivity index (χ3n) is 7.50. The third kappa shape index (κ3) is 5.84. The first-order chi connectivity index (χ1) is 18.0. The number of carbonyl (C=O) groups excluding carboxylic acids is 1. The number of nitrogens with zero attached hydrogens (tertiary/aromatic N) is 4. The van der Waals surface area contributed by atoms with Crippen molar-refractivity contribution in [3.8, 4) is 11.5 Å². The highest BCUT2D eigenvalue weighted by Gasteiger charge is 2.20. The van der Waals surface area contributed by atoms with Crippen molar-refractivity contribution in [3.05, 3.63) is 65.4 Å². The van der Waals surface area contributed by atoms with Crippen LogP contribution in [0.3, 0.4) is 0 Å². The second-order valence-electron chi connectivity index (χ2n) is 10.3. The Bertz CT molecular complexity index is 1270. The Labute approximate surface area is 219 Å². The maximum Gasteiger partial charge on any atom is 0.246 e. The number of amides is 1. The van der Waals surface area contributed by atoms with Gasteiger partial charge < -0.3 is 23.8 Å². The quantitative estimate of drug-likeness (QED) is 0.414. The Morgan fingerprint density at radius 1 is 1.00 bits per heavy atom. The van der Waals surface area contributed by atoms with Gasteiger partial charge in [-0.15, -0.1) is 0 Å². The molecule has 7 heteroatoms. The normalized spacial score (nSPS) is 15.9. The molecule has 2 aromatic carbocycles. The molecule has 0 spiro atoms. The average Bonchev–Trinajstić information content (AvgIpc) is 3.48. The zero-order valence-corrected chi connectivity index (χ0v) is 22.3. The number of para-hydroxylation sites is 1. The smallest absolute Gasteiger partial charge is 0.246 e. The topological polar surface area (TPSA) is 50.2 Å². The van der Waals surface area contributed by atoms with Crippen molar-refractivity contribution in [3.63, 3.8) is 0 Å². The molecule has 0 atom stereocenters. The summed E-state index contributed by atoms with van der Waals surface area (Å²) in [4.78, 5) is 19.7. The molecule has 2 aliphatic heterocycles. The summed E-state index contributed by atoms with van der Waals surface area (Å²) in [6, 6.07) is 14.7. The molecule has 5 rings (SSSR count). The number of hydrogen-bond donors (Lipinski definition) is 0. The van der Waals surface area contributed by atoms with E-state index in [-0.39, 0.29) is 5.91 Å². The molecule has 2 aliphatic rings. The van der Waals surface area contributed by atoms with Crippen LogP contribution in [0.4, 0.5) is 0 Å². The minimum absolute atomic E-state index is 0.0965. The van der Waals surface area contributed by atoms with Gasteiger partial charge in [0.05, 0.1) is 0 Å². The molecule has 0 bridgehead atoms. The van der Waals surface area contributed by atoms with E-state index in [9.17, 15) is 4.79 Å². The Kier molecular flexibility index (Phi) is 7.82. The van der Waals surface area contributed by atoms with E-state index in [4.69, 9.17) is 9.47 Å². The molecule has 7 nitrogen and oxygen atoms in total. The van der Waals surface area contributed by atoms with Crippen LogP contribution in [0.5, 0.6) is 11.5 Å². The van der Waals surface area contributed by atoms with E-state index in [1.165, 1.54) is 22.2 Å². The minimum atomic E-state index is 0.0965. The highest BCUT2D eigenvalue weighted by atomic mass is 16.7. The predicted molar refractivity (Wildman–Crippen MR) is 148 cm³/mol. The summed E-state index contributed by atoms with van der Waals surface area (Å²) in [6.45, 7) is 8.79. The molecule has 0 unspecified atom stereocenters. The first-order valence-corrected chi connectivity index (χ1v) is 13.3. The lowest BCUT2D eigenvalue weighted by molar-refractivity contribution is -0.127. The Morgan fingerprint density at radius 3 is 2.59 bits per heavy atom. The summed E-state index contributed by atoms with van der Waals surface area (Å²) in [7, 11) is 4.22. The van der Waals surface area contributed by atoms with Crippen LogP contribution in [-0.4, -0.2) is 85.3 Å². The molecule has 1 aromatic heterocycles. The minimum Gasteiger partial charge on any atom is -0.454 e. The van der Waals surface area contributed by atoms with Gasteiger partial charge >= 0.3 is 0 Å². The van der Waals surface area contributed by atoms with Gasteiger partial charge in [-0.05, 0) is 70.2 Å². The number of carbonyl (C=O) groups is 1. The molecular weight excluding hydrogens is 464 g/mol. The van der Waals surface area contributed by atoms with Gasteiger partial charge in [-0.2, -0.15) is 0 Å². The first kappa shape index (κ1) is 25.4. The van der Waals surface area contributed by atoms with Crippen molar-refractivity contribution in [1.29, 1.82) is 0 Å². The number of ether oxygens (including phenoxy) is 2. The van der Waals surface area contributed by atoms with Gasteiger partial charge in [0.25, 0.3) is 0 Å². The van der Waals surface area contributed by atoms with E-state index >= 15 is 0 Å². The number of benzene rings is 2. The summed E-state index contributed by atoms with van der Waals surface area (Å²) < 4.78 is 13.3. The maximum atomic E-state index is 13.0. The molecule has 1 amide bonds. The lowest BCUT2D eigenvalue weighted by Crippen LogP contribution is -2.48. The van der Waals surface area contributed by atoms with Crippen molar-refractivity contribution in [2.45, 2.75) is 26.3 Å². The lowest BCUT2D eigenvalue weighted by atomic mass is 10.1. The number of hydrogen-bond acceptors (Lipinski definition) is 5. The van der Waals surface area contributed by atoms with Gasteiger partial charge in [0, 0.05) is 67.5 Å². The standard InChI is InChI=1S/C30H38N4O3/c1-23-25(26-7-4-5-8-27(26)34(23)15-6-14-31(2)3)10-12-30(35)33-19-17-32(18-20-33)16-13-24-9-11-28-29(21-24)37-22-36-28/h4-5,7-12,21H,6,13-20,22H2,1-3H3. The molecule has 1 fully saturated rings. The van der Waals surface area contributed by atoms with Gasteiger partial charge in [-0.3, -0.25) is 9.69 Å². The van der Waals surface area contributed by atoms with Gasteiger partial charge in [0.15, 0.2) is 11.5 Å². The number of rotatable bonds is 9. The van der Waals surface area contributed by atoms with Crippen LogP contribution in [0.25, 0.3) is 17.0 Å². The zero-order valence-electron chi connectivity index (χ0n) is 22.3.